The van der Waals surface area contributed by atoms with Crippen molar-refractivity contribution >= 4 is 32.7 Å². The minimum absolute atomic E-state index is 0.566. The van der Waals surface area contributed by atoms with Gasteiger partial charge in [0.05, 0.1) is 18.7 Å². The molecule has 1 aliphatic rings. The topological polar surface area (TPSA) is 49.2 Å². The fourth-order valence-corrected chi connectivity index (χ4v) is 2.88. The standard InChI is InChI=1S/C15H16BrN3O/c1-10-9-18-13-3-2-11(16)8-12(13)14(10)15(17)19-4-6-20-7-5-19/h2-3,8-9,17H,4-7H2,1H3. The van der Waals surface area contributed by atoms with E-state index in [2.05, 4.69) is 25.8 Å². The quantitative estimate of drug-likeness (QED) is 0.644. The number of aryl methyl sites for hydroxylation is 1. The number of fused-ring (bicyclic) bond motifs is 1. The van der Waals surface area contributed by atoms with E-state index in [9.17, 15) is 0 Å². The summed E-state index contributed by atoms with van der Waals surface area (Å²) in [5.74, 6) is 0.566. The van der Waals surface area contributed by atoms with Gasteiger partial charge in [-0.2, -0.15) is 0 Å². The van der Waals surface area contributed by atoms with E-state index >= 15 is 0 Å². The van der Waals surface area contributed by atoms with Crippen LogP contribution in [-0.2, 0) is 4.74 Å². The molecule has 2 heterocycles. The number of hydrogen-bond acceptors (Lipinski definition) is 3. The van der Waals surface area contributed by atoms with Crippen LogP contribution in [0, 0.1) is 12.3 Å². The third-order valence-corrected chi connectivity index (χ3v) is 4.08. The van der Waals surface area contributed by atoms with Crippen molar-refractivity contribution in [2.24, 2.45) is 0 Å². The molecule has 0 saturated carbocycles. The van der Waals surface area contributed by atoms with Gasteiger partial charge in [-0.1, -0.05) is 15.9 Å². The Balaban J connectivity index is 2.11. The summed E-state index contributed by atoms with van der Waals surface area (Å²) < 4.78 is 6.37. The van der Waals surface area contributed by atoms with Crippen LogP contribution in [0.25, 0.3) is 10.9 Å². The molecule has 1 aromatic heterocycles. The molecular weight excluding hydrogens is 318 g/mol. The molecule has 1 N–H and O–H groups in total. The highest BCUT2D eigenvalue weighted by atomic mass is 79.9. The summed E-state index contributed by atoms with van der Waals surface area (Å²) in [6.07, 6.45) is 1.85. The Morgan fingerprint density at radius 2 is 2.10 bits per heavy atom. The molecule has 20 heavy (non-hydrogen) atoms. The number of ether oxygens (including phenoxy) is 1. The summed E-state index contributed by atoms with van der Waals surface area (Å²) in [4.78, 5) is 6.52. The first-order chi connectivity index (χ1) is 9.66. The van der Waals surface area contributed by atoms with E-state index in [1.807, 2.05) is 31.3 Å². The van der Waals surface area contributed by atoms with Gasteiger partial charge in [-0.25, -0.2) is 0 Å². The normalized spacial score (nSPS) is 15.6. The van der Waals surface area contributed by atoms with E-state index in [4.69, 9.17) is 10.1 Å². The SMILES string of the molecule is Cc1cnc2ccc(Br)cc2c1C(=N)N1CCOCC1. The summed E-state index contributed by atoms with van der Waals surface area (Å²) in [7, 11) is 0. The van der Waals surface area contributed by atoms with Crippen molar-refractivity contribution in [3.05, 3.63) is 40.0 Å². The van der Waals surface area contributed by atoms with Crippen LogP contribution in [0.15, 0.2) is 28.9 Å². The average Bonchev–Trinajstić information content (AvgIpc) is 2.47. The molecule has 1 saturated heterocycles. The Kier molecular flexibility index (Phi) is 3.72. The van der Waals surface area contributed by atoms with Crippen LogP contribution < -0.4 is 0 Å². The smallest absolute Gasteiger partial charge is 0.129 e. The fraction of sp³-hybridized carbons (Fsp3) is 0.333. The lowest BCUT2D eigenvalue weighted by atomic mass is 10.0. The third kappa shape index (κ3) is 2.43. The number of nitrogens with zero attached hydrogens (tertiary/aromatic N) is 2. The Morgan fingerprint density at radius 1 is 1.35 bits per heavy atom. The van der Waals surface area contributed by atoms with Crippen molar-refractivity contribution in [3.63, 3.8) is 0 Å². The number of amidine groups is 1. The lowest BCUT2D eigenvalue weighted by molar-refractivity contribution is 0.0680. The predicted molar refractivity (Wildman–Crippen MR) is 83.4 cm³/mol. The molecule has 0 spiro atoms. The van der Waals surface area contributed by atoms with Gasteiger partial charge in [0.25, 0.3) is 0 Å². The maximum Gasteiger partial charge on any atom is 0.129 e. The second-order valence-corrected chi connectivity index (χ2v) is 5.84. The third-order valence-electron chi connectivity index (χ3n) is 3.58. The van der Waals surface area contributed by atoms with Gasteiger partial charge in [0.2, 0.25) is 0 Å². The number of halogens is 1. The molecule has 2 aromatic rings. The van der Waals surface area contributed by atoms with E-state index in [-0.39, 0.29) is 0 Å². The van der Waals surface area contributed by atoms with Gasteiger partial charge in [0.15, 0.2) is 0 Å². The van der Waals surface area contributed by atoms with Gasteiger partial charge < -0.3 is 9.64 Å². The van der Waals surface area contributed by atoms with Crippen molar-refractivity contribution in [2.45, 2.75) is 6.92 Å². The van der Waals surface area contributed by atoms with Gasteiger partial charge in [0.1, 0.15) is 5.84 Å². The summed E-state index contributed by atoms with van der Waals surface area (Å²) in [5.41, 5.74) is 2.93. The number of aromatic nitrogens is 1. The molecular formula is C15H16BrN3O. The Bertz CT molecular complexity index is 660. The molecule has 1 aliphatic heterocycles. The van der Waals surface area contributed by atoms with Crippen molar-refractivity contribution in [1.29, 1.82) is 5.41 Å². The van der Waals surface area contributed by atoms with Gasteiger partial charge in [0, 0.05) is 34.7 Å². The molecule has 5 heteroatoms. The first-order valence-electron chi connectivity index (χ1n) is 6.63. The highest BCUT2D eigenvalue weighted by Crippen LogP contribution is 2.25. The summed E-state index contributed by atoms with van der Waals surface area (Å²) >= 11 is 3.50. The molecule has 0 atom stereocenters. The molecule has 0 aliphatic carbocycles. The first-order valence-corrected chi connectivity index (χ1v) is 7.42. The second kappa shape index (κ2) is 5.50. The summed E-state index contributed by atoms with van der Waals surface area (Å²) in [5, 5.41) is 9.57. The van der Waals surface area contributed by atoms with Crippen molar-refractivity contribution in [2.75, 3.05) is 26.3 Å². The Hall–Kier alpha value is -1.46. The summed E-state index contributed by atoms with van der Waals surface area (Å²) in [6, 6.07) is 6.00. The predicted octanol–water partition coefficient (Wildman–Crippen LogP) is 2.96. The molecule has 1 fully saturated rings. The van der Waals surface area contributed by atoms with Gasteiger partial charge in [-0.15, -0.1) is 0 Å². The van der Waals surface area contributed by atoms with Crippen LogP contribution in [0.1, 0.15) is 11.1 Å². The lowest BCUT2D eigenvalue weighted by Gasteiger charge is -2.30. The minimum Gasteiger partial charge on any atom is -0.378 e. The van der Waals surface area contributed by atoms with Crippen molar-refractivity contribution < 1.29 is 4.74 Å². The molecule has 4 nitrogen and oxygen atoms in total. The van der Waals surface area contributed by atoms with Crippen LogP contribution >= 0.6 is 15.9 Å². The largest absolute Gasteiger partial charge is 0.378 e. The monoisotopic (exact) mass is 333 g/mol. The molecule has 0 amide bonds. The molecule has 1 aromatic carbocycles. The summed E-state index contributed by atoms with van der Waals surface area (Å²) in [6.45, 7) is 4.94. The van der Waals surface area contributed by atoms with Crippen molar-refractivity contribution in [3.8, 4) is 0 Å². The number of rotatable bonds is 1. The Morgan fingerprint density at radius 3 is 2.85 bits per heavy atom. The Labute approximate surface area is 126 Å². The van der Waals surface area contributed by atoms with Gasteiger partial charge >= 0.3 is 0 Å². The number of benzene rings is 1. The first kappa shape index (κ1) is 13.5. The molecule has 3 rings (SSSR count). The van der Waals surface area contributed by atoms with Gasteiger partial charge in [-0.3, -0.25) is 10.4 Å². The maximum atomic E-state index is 8.54. The number of pyridine rings is 1. The lowest BCUT2D eigenvalue weighted by Crippen LogP contribution is -2.41. The number of hydrogen-bond donors (Lipinski definition) is 1. The van der Waals surface area contributed by atoms with Gasteiger partial charge in [-0.05, 0) is 30.7 Å². The maximum absolute atomic E-state index is 8.54. The highest BCUT2D eigenvalue weighted by molar-refractivity contribution is 9.10. The number of nitrogens with one attached hydrogen (secondary N) is 1. The highest BCUT2D eigenvalue weighted by Gasteiger charge is 2.19. The molecule has 0 radical (unpaired) electrons. The second-order valence-electron chi connectivity index (χ2n) is 4.93. The van der Waals surface area contributed by atoms with Crippen LogP contribution in [-0.4, -0.2) is 42.0 Å². The number of morpholine rings is 1. The molecule has 104 valence electrons. The molecule has 0 unspecified atom stereocenters. The van der Waals surface area contributed by atoms with Crippen molar-refractivity contribution in [1.82, 2.24) is 9.88 Å². The zero-order valence-electron chi connectivity index (χ0n) is 11.3. The minimum atomic E-state index is 0.566. The zero-order valence-corrected chi connectivity index (χ0v) is 12.9. The van der Waals surface area contributed by atoms with E-state index in [1.54, 1.807) is 0 Å². The van der Waals surface area contributed by atoms with Crippen LogP contribution in [0.3, 0.4) is 0 Å². The van der Waals surface area contributed by atoms with Crippen LogP contribution in [0.2, 0.25) is 0 Å². The zero-order chi connectivity index (χ0) is 14.1. The van der Waals surface area contributed by atoms with E-state index in [0.29, 0.717) is 19.0 Å². The van der Waals surface area contributed by atoms with Crippen LogP contribution in [0.4, 0.5) is 0 Å². The van der Waals surface area contributed by atoms with E-state index < -0.39 is 0 Å². The molecule has 0 bridgehead atoms. The fourth-order valence-electron chi connectivity index (χ4n) is 2.52. The van der Waals surface area contributed by atoms with Crippen LogP contribution in [0.5, 0.6) is 0 Å². The average molecular weight is 334 g/mol. The van der Waals surface area contributed by atoms with E-state index in [1.165, 1.54) is 0 Å². The van der Waals surface area contributed by atoms with E-state index in [0.717, 1.165) is 39.6 Å².